The zero-order valence-electron chi connectivity index (χ0n) is 11.7. The van der Waals surface area contributed by atoms with E-state index < -0.39 is 0 Å². The Bertz CT molecular complexity index is 342. The third kappa shape index (κ3) is 3.48. The lowest BCUT2D eigenvalue weighted by atomic mass is 10.0. The number of aryl methyl sites for hydroxylation is 1. The van der Waals surface area contributed by atoms with Crippen molar-refractivity contribution in [3.8, 4) is 5.88 Å². The van der Waals surface area contributed by atoms with Crippen LogP contribution in [-0.4, -0.2) is 14.9 Å². The normalized spacial score (nSPS) is 11.4. The molecule has 0 saturated carbocycles. The summed E-state index contributed by atoms with van der Waals surface area (Å²) < 4.78 is 2.01. The highest BCUT2D eigenvalue weighted by Crippen LogP contribution is 2.28. The number of aromatic nitrogens is 2. The summed E-state index contributed by atoms with van der Waals surface area (Å²) >= 11 is 0. The molecule has 0 aliphatic carbocycles. The van der Waals surface area contributed by atoms with Gasteiger partial charge in [-0.15, -0.1) is 5.10 Å². The molecule has 0 saturated heterocycles. The predicted octanol–water partition coefficient (Wildman–Crippen LogP) is 3.85. The monoisotopic (exact) mass is 238 g/mol. The summed E-state index contributed by atoms with van der Waals surface area (Å²) in [6, 6.07) is 0. The Kier molecular flexibility index (Phi) is 5.52. The first kappa shape index (κ1) is 14.1. The Morgan fingerprint density at radius 3 is 2.35 bits per heavy atom. The Labute approximate surface area is 105 Å². The second kappa shape index (κ2) is 6.67. The summed E-state index contributed by atoms with van der Waals surface area (Å²) in [7, 11) is 0. The van der Waals surface area contributed by atoms with Crippen LogP contribution in [0.4, 0.5) is 0 Å². The van der Waals surface area contributed by atoms with Crippen LogP contribution in [0.25, 0.3) is 0 Å². The fraction of sp³-hybridized carbons (Fsp3) is 0.786. The molecule has 1 rings (SSSR count). The molecule has 0 amide bonds. The van der Waals surface area contributed by atoms with Gasteiger partial charge in [0.1, 0.15) is 0 Å². The summed E-state index contributed by atoms with van der Waals surface area (Å²) in [5, 5.41) is 14.2. The van der Waals surface area contributed by atoms with Gasteiger partial charge in [0.15, 0.2) is 0 Å². The molecule has 3 nitrogen and oxygen atoms in total. The average molecular weight is 238 g/mol. The van der Waals surface area contributed by atoms with Crippen molar-refractivity contribution >= 4 is 0 Å². The molecular weight excluding hydrogens is 212 g/mol. The molecule has 0 atom stereocenters. The van der Waals surface area contributed by atoms with E-state index in [0.717, 1.165) is 44.2 Å². The molecule has 1 aromatic heterocycles. The van der Waals surface area contributed by atoms with E-state index >= 15 is 0 Å². The molecule has 1 N–H and O–H groups in total. The first-order valence-electron chi connectivity index (χ1n) is 6.90. The van der Waals surface area contributed by atoms with Gasteiger partial charge in [0.25, 0.3) is 0 Å². The minimum atomic E-state index is 0.248. The van der Waals surface area contributed by atoms with Crippen LogP contribution in [0.1, 0.15) is 70.6 Å². The minimum absolute atomic E-state index is 0.248. The average Bonchev–Trinajstić information content (AvgIpc) is 2.60. The first-order chi connectivity index (χ1) is 8.11. The molecule has 0 aliphatic rings. The van der Waals surface area contributed by atoms with E-state index in [4.69, 9.17) is 0 Å². The second-order valence-corrected chi connectivity index (χ2v) is 5.02. The number of nitrogens with zero attached hydrogens (tertiary/aromatic N) is 2. The molecule has 0 aliphatic heterocycles. The molecule has 0 aromatic carbocycles. The lowest BCUT2D eigenvalue weighted by molar-refractivity contribution is 0.428. The summed E-state index contributed by atoms with van der Waals surface area (Å²) in [5.74, 6) is 0.672. The minimum Gasteiger partial charge on any atom is -0.492 e. The Hall–Kier alpha value is -0.990. The Balaban J connectivity index is 2.97. The molecule has 0 unspecified atom stereocenters. The molecule has 98 valence electrons. The fourth-order valence-corrected chi connectivity index (χ4v) is 2.22. The molecule has 0 radical (unpaired) electrons. The van der Waals surface area contributed by atoms with Gasteiger partial charge < -0.3 is 5.11 Å². The third-order valence-corrected chi connectivity index (χ3v) is 3.12. The van der Waals surface area contributed by atoms with Crippen LogP contribution >= 0.6 is 0 Å². The lowest BCUT2D eigenvalue weighted by Crippen LogP contribution is -2.08. The van der Waals surface area contributed by atoms with E-state index in [0.29, 0.717) is 5.92 Å². The van der Waals surface area contributed by atoms with Crippen molar-refractivity contribution in [3.05, 3.63) is 11.3 Å². The molecule has 0 bridgehead atoms. The largest absolute Gasteiger partial charge is 0.492 e. The van der Waals surface area contributed by atoms with Crippen LogP contribution in [-0.2, 0) is 13.0 Å². The Morgan fingerprint density at radius 2 is 1.82 bits per heavy atom. The van der Waals surface area contributed by atoms with Gasteiger partial charge in [0.2, 0.25) is 5.88 Å². The van der Waals surface area contributed by atoms with Crippen molar-refractivity contribution in [1.29, 1.82) is 0 Å². The molecule has 0 spiro atoms. The predicted molar refractivity (Wildman–Crippen MR) is 71.5 cm³/mol. The summed E-state index contributed by atoms with van der Waals surface area (Å²) in [6.07, 6.45) is 5.49. The summed E-state index contributed by atoms with van der Waals surface area (Å²) in [6.45, 7) is 9.62. The third-order valence-electron chi connectivity index (χ3n) is 3.12. The highest BCUT2D eigenvalue weighted by Gasteiger charge is 2.18. The molecule has 1 aromatic rings. The van der Waals surface area contributed by atoms with Crippen LogP contribution in [0.15, 0.2) is 0 Å². The maximum Gasteiger partial charge on any atom is 0.233 e. The lowest BCUT2D eigenvalue weighted by Gasteiger charge is -2.11. The van der Waals surface area contributed by atoms with E-state index in [1.165, 1.54) is 5.69 Å². The molecule has 17 heavy (non-hydrogen) atoms. The van der Waals surface area contributed by atoms with Gasteiger partial charge >= 0.3 is 0 Å². The van der Waals surface area contributed by atoms with Crippen LogP contribution < -0.4 is 0 Å². The smallest absolute Gasteiger partial charge is 0.233 e. The topological polar surface area (TPSA) is 38.1 Å². The number of rotatable bonds is 7. The van der Waals surface area contributed by atoms with Crippen molar-refractivity contribution in [3.63, 3.8) is 0 Å². The summed E-state index contributed by atoms with van der Waals surface area (Å²) in [4.78, 5) is 0. The van der Waals surface area contributed by atoms with Crippen LogP contribution in [0.2, 0.25) is 0 Å². The van der Waals surface area contributed by atoms with Gasteiger partial charge in [0, 0.05) is 17.8 Å². The standard InChI is InChI=1S/C14H26N2O/c1-5-7-9-12-13(11(3)4)16(10-8-6-2)15-14(12)17/h11H,5-10H2,1-4H3,(H,15,17). The first-order valence-corrected chi connectivity index (χ1v) is 6.90. The van der Waals surface area contributed by atoms with Crippen LogP contribution in [0.5, 0.6) is 5.88 Å². The summed E-state index contributed by atoms with van der Waals surface area (Å²) in [5.41, 5.74) is 2.29. The van der Waals surface area contributed by atoms with Gasteiger partial charge in [-0.2, -0.15) is 0 Å². The fourth-order valence-electron chi connectivity index (χ4n) is 2.22. The van der Waals surface area contributed by atoms with E-state index in [1.54, 1.807) is 0 Å². The van der Waals surface area contributed by atoms with E-state index in [9.17, 15) is 5.11 Å². The number of hydrogen-bond acceptors (Lipinski definition) is 2. The zero-order valence-corrected chi connectivity index (χ0v) is 11.7. The van der Waals surface area contributed by atoms with Crippen LogP contribution in [0, 0.1) is 0 Å². The van der Waals surface area contributed by atoms with E-state index in [-0.39, 0.29) is 5.88 Å². The molecular formula is C14H26N2O. The quantitative estimate of drug-likeness (QED) is 0.783. The highest BCUT2D eigenvalue weighted by molar-refractivity contribution is 5.32. The van der Waals surface area contributed by atoms with Crippen molar-refractivity contribution in [2.45, 2.75) is 72.3 Å². The number of unbranched alkanes of at least 4 members (excludes halogenated alkanes) is 2. The number of aromatic hydroxyl groups is 1. The highest BCUT2D eigenvalue weighted by atomic mass is 16.3. The van der Waals surface area contributed by atoms with E-state index in [1.807, 2.05) is 4.68 Å². The van der Waals surface area contributed by atoms with Gasteiger partial charge in [-0.1, -0.05) is 40.5 Å². The maximum atomic E-state index is 9.96. The van der Waals surface area contributed by atoms with Crippen molar-refractivity contribution in [2.24, 2.45) is 0 Å². The SMILES string of the molecule is CCCCc1c(O)nn(CCCC)c1C(C)C. The van der Waals surface area contributed by atoms with Crippen molar-refractivity contribution in [2.75, 3.05) is 0 Å². The van der Waals surface area contributed by atoms with Gasteiger partial charge in [-0.3, -0.25) is 4.68 Å². The van der Waals surface area contributed by atoms with Crippen molar-refractivity contribution in [1.82, 2.24) is 9.78 Å². The Morgan fingerprint density at radius 1 is 1.18 bits per heavy atom. The van der Waals surface area contributed by atoms with Gasteiger partial charge in [-0.25, -0.2) is 0 Å². The van der Waals surface area contributed by atoms with Crippen LogP contribution in [0.3, 0.4) is 0 Å². The second-order valence-electron chi connectivity index (χ2n) is 5.02. The van der Waals surface area contributed by atoms with Gasteiger partial charge in [0.05, 0.1) is 0 Å². The van der Waals surface area contributed by atoms with Gasteiger partial charge in [-0.05, 0) is 25.2 Å². The zero-order chi connectivity index (χ0) is 12.8. The molecule has 0 fully saturated rings. The van der Waals surface area contributed by atoms with E-state index in [2.05, 4.69) is 32.8 Å². The maximum absolute atomic E-state index is 9.96. The number of hydrogen-bond donors (Lipinski definition) is 1. The van der Waals surface area contributed by atoms with Crippen molar-refractivity contribution < 1.29 is 5.11 Å². The molecule has 3 heteroatoms. The molecule has 1 heterocycles.